The zero-order valence-corrected chi connectivity index (χ0v) is 13.6. The van der Waals surface area contributed by atoms with Gasteiger partial charge in [0.15, 0.2) is 0 Å². The van der Waals surface area contributed by atoms with Crippen LogP contribution >= 0.6 is 0 Å². The molecule has 6 heteroatoms. The zero-order chi connectivity index (χ0) is 16.7. The zero-order valence-electron chi connectivity index (χ0n) is 13.6. The Morgan fingerprint density at radius 2 is 2.12 bits per heavy atom. The van der Waals surface area contributed by atoms with Crippen molar-refractivity contribution in [1.82, 2.24) is 9.78 Å². The normalized spacial score (nSPS) is 20.3. The summed E-state index contributed by atoms with van der Waals surface area (Å²) in [4.78, 5) is 26.7. The van der Waals surface area contributed by atoms with Crippen LogP contribution in [0, 0.1) is 5.92 Å². The number of hydrogen-bond donors (Lipinski definition) is 1. The Labute approximate surface area is 140 Å². The predicted octanol–water partition coefficient (Wildman–Crippen LogP) is 2.38. The van der Waals surface area contributed by atoms with E-state index in [1.807, 2.05) is 43.6 Å². The second-order valence-corrected chi connectivity index (χ2v) is 6.66. The Morgan fingerprint density at radius 3 is 2.92 bits per heavy atom. The summed E-state index contributed by atoms with van der Waals surface area (Å²) >= 11 is 0. The van der Waals surface area contributed by atoms with Gasteiger partial charge in [-0.15, -0.1) is 0 Å². The molecule has 4 rings (SSSR count). The van der Waals surface area contributed by atoms with Gasteiger partial charge in [0.05, 0.1) is 23.5 Å². The van der Waals surface area contributed by atoms with E-state index in [2.05, 4.69) is 10.4 Å². The first-order chi connectivity index (χ1) is 11.6. The summed E-state index contributed by atoms with van der Waals surface area (Å²) < 4.78 is 1.70. The molecule has 1 fully saturated rings. The SMILES string of the molecule is CC1CN(C(=O)Cn2cc(C3CC3)cn2)c2ccccc2NC1=O. The van der Waals surface area contributed by atoms with Crippen LogP contribution in [0.5, 0.6) is 0 Å². The van der Waals surface area contributed by atoms with Gasteiger partial charge in [0.1, 0.15) is 6.54 Å². The molecule has 24 heavy (non-hydrogen) atoms. The Kier molecular flexibility index (Phi) is 3.59. The van der Waals surface area contributed by atoms with E-state index in [4.69, 9.17) is 0 Å². The summed E-state index contributed by atoms with van der Waals surface area (Å²) in [6, 6.07) is 7.42. The molecule has 0 radical (unpaired) electrons. The highest BCUT2D eigenvalue weighted by Crippen LogP contribution is 2.39. The number of nitrogens with zero attached hydrogens (tertiary/aromatic N) is 3. The van der Waals surface area contributed by atoms with Crippen molar-refractivity contribution in [1.29, 1.82) is 0 Å². The minimum absolute atomic E-state index is 0.0590. The highest BCUT2D eigenvalue weighted by Gasteiger charge is 2.29. The molecule has 6 nitrogen and oxygen atoms in total. The monoisotopic (exact) mass is 324 g/mol. The number of anilines is 2. The third-order valence-electron chi connectivity index (χ3n) is 4.66. The van der Waals surface area contributed by atoms with E-state index >= 15 is 0 Å². The van der Waals surface area contributed by atoms with Crippen molar-refractivity contribution in [2.24, 2.45) is 5.92 Å². The molecular weight excluding hydrogens is 304 g/mol. The number of para-hydroxylation sites is 2. The number of rotatable bonds is 3. The minimum Gasteiger partial charge on any atom is -0.324 e. The van der Waals surface area contributed by atoms with E-state index in [0.717, 1.165) is 5.69 Å². The molecule has 2 aliphatic rings. The maximum Gasteiger partial charge on any atom is 0.248 e. The Morgan fingerprint density at radius 1 is 1.33 bits per heavy atom. The van der Waals surface area contributed by atoms with Crippen molar-refractivity contribution in [3.8, 4) is 0 Å². The van der Waals surface area contributed by atoms with Crippen LogP contribution < -0.4 is 10.2 Å². The van der Waals surface area contributed by atoms with Crippen molar-refractivity contribution >= 4 is 23.2 Å². The van der Waals surface area contributed by atoms with Gasteiger partial charge >= 0.3 is 0 Å². The van der Waals surface area contributed by atoms with Crippen LogP contribution in [-0.4, -0.2) is 28.1 Å². The number of benzene rings is 1. The van der Waals surface area contributed by atoms with Crippen molar-refractivity contribution in [3.63, 3.8) is 0 Å². The maximum atomic E-state index is 12.9. The van der Waals surface area contributed by atoms with Crippen LogP contribution in [0.1, 0.15) is 31.2 Å². The average Bonchev–Trinajstić information content (AvgIpc) is 3.34. The Hall–Kier alpha value is -2.63. The largest absolute Gasteiger partial charge is 0.324 e. The molecule has 1 aromatic heterocycles. The van der Waals surface area contributed by atoms with E-state index in [-0.39, 0.29) is 24.3 Å². The Bertz CT molecular complexity index is 794. The average molecular weight is 324 g/mol. The van der Waals surface area contributed by atoms with Crippen molar-refractivity contribution in [2.45, 2.75) is 32.2 Å². The van der Waals surface area contributed by atoms with E-state index in [1.165, 1.54) is 18.4 Å². The molecule has 2 aromatic rings. The van der Waals surface area contributed by atoms with Gasteiger partial charge in [-0.25, -0.2) is 0 Å². The highest BCUT2D eigenvalue weighted by atomic mass is 16.2. The van der Waals surface area contributed by atoms with Gasteiger partial charge in [-0.2, -0.15) is 5.10 Å². The number of carbonyl (C=O) groups is 2. The second kappa shape index (κ2) is 5.78. The van der Waals surface area contributed by atoms with Gasteiger partial charge in [-0.1, -0.05) is 19.1 Å². The van der Waals surface area contributed by atoms with Gasteiger partial charge < -0.3 is 10.2 Å². The standard InChI is InChI=1S/C18H20N4O2/c1-12-9-22(16-5-3-2-4-15(16)20-18(12)24)17(23)11-21-10-14(8-19-21)13-6-7-13/h2-5,8,10,12-13H,6-7,9,11H2,1H3,(H,20,24). The van der Waals surface area contributed by atoms with Gasteiger partial charge in [-0.05, 0) is 36.5 Å². The molecular formula is C18H20N4O2. The first-order valence-electron chi connectivity index (χ1n) is 8.34. The van der Waals surface area contributed by atoms with E-state index in [9.17, 15) is 9.59 Å². The summed E-state index contributed by atoms with van der Waals surface area (Å²) in [6.45, 7) is 2.39. The van der Waals surface area contributed by atoms with Crippen molar-refractivity contribution in [3.05, 3.63) is 42.2 Å². The molecule has 1 atom stereocenters. The predicted molar refractivity (Wildman–Crippen MR) is 90.8 cm³/mol. The molecule has 1 N–H and O–H groups in total. The van der Waals surface area contributed by atoms with Crippen LogP contribution in [0.3, 0.4) is 0 Å². The van der Waals surface area contributed by atoms with E-state index < -0.39 is 0 Å². The van der Waals surface area contributed by atoms with Gasteiger partial charge in [0, 0.05) is 12.7 Å². The molecule has 1 aromatic carbocycles. The topological polar surface area (TPSA) is 67.2 Å². The fourth-order valence-electron chi connectivity index (χ4n) is 3.08. The van der Waals surface area contributed by atoms with E-state index in [0.29, 0.717) is 18.2 Å². The molecule has 0 bridgehead atoms. The van der Waals surface area contributed by atoms with Crippen molar-refractivity contribution in [2.75, 3.05) is 16.8 Å². The van der Waals surface area contributed by atoms with E-state index in [1.54, 1.807) is 9.58 Å². The molecule has 1 aliphatic heterocycles. The number of aromatic nitrogens is 2. The summed E-state index contributed by atoms with van der Waals surface area (Å²) in [6.07, 6.45) is 6.25. The Balaban J connectivity index is 1.58. The number of fused-ring (bicyclic) bond motifs is 1. The molecule has 0 saturated heterocycles. The lowest BCUT2D eigenvalue weighted by Gasteiger charge is -2.23. The number of carbonyl (C=O) groups excluding carboxylic acids is 2. The van der Waals surface area contributed by atoms with Crippen LogP contribution in [0.15, 0.2) is 36.7 Å². The third kappa shape index (κ3) is 2.79. The lowest BCUT2D eigenvalue weighted by Crippen LogP contribution is -2.38. The number of nitrogens with one attached hydrogen (secondary N) is 1. The third-order valence-corrected chi connectivity index (χ3v) is 4.66. The fourth-order valence-corrected chi connectivity index (χ4v) is 3.08. The van der Waals surface area contributed by atoms with Gasteiger partial charge in [0.25, 0.3) is 0 Å². The van der Waals surface area contributed by atoms with Crippen LogP contribution in [0.25, 0.3) is 0 Å². The molecule has 2 amide bonds. The summed E-state index contributed by atoms with van der Waals surface area (Å²) in [5.41, 5.74) is 2.64. The van der Waals surface area contributed by atoms with Gasteiger partial charge in [0.2, 0.25) is 11.8 Å². The van der Waals surface area contributed by atoms with Crippen LogP contribution in [-0.2, 0) is 16.1 Å². The summed E-state index contributed by atoms with van der Waals surface area (Å²) in [5, 5.41) is 7.21. The first kappa shape index (κ1) is 14.9. The maximum absolute atomic E-state index is 12.9. The lowest BCUT2D eigenvalue weighted by atomic mass is 10.1. The van der Waals surface area contributed by atoms with Crippen LogP contribution in [0.4, 0.5) is 11.4 Å². The quantitative estimate of drug-likeness (QED) is 0.942. The van der Waals surface area contributed by atoms with Crippen molar-refractivity contribution < 1.29 is 9.59 Å². The molecule has 1 saturated carbocycles. The fraction of sp³-hybridized carbons (Fsp3) is 0.389. The second-order valence-electron chi connectivity index (χ2n) is 6.66. The first-order valence-corrected chi connectivity index (χ1v) is 8.34. The van der Waals surface area contributed by atoms with Gasteiger partial charge in [-0.3, -0.25) is 14.3 Å². The molecule has 1 aliphatic carbocycles. The summed E-state index contributed by atoms with van der Waals surface area (Å²) in [5.74, 6) is 0.236. The summed E-state index contributed by atoms with van der Waals surface area (Å²) in [7, 11) is 0. The highest BCUT2D eigenvalue weighted by molar-refractivity contribution is 6.04. The number of amides is 2. The number of hydrogen-bond acceptors (Lipinski definition) is 3. The molecule has 124 valence electrons. The smallest absolute Gasteiger partial charge is 0.248 e. The molecule has 1 unspecified atom stereocenters. The lowest BCUT2D eigenvalue weighted by molar-refractivity contribution is -0.120. The minimum atomic E-state index is -0.263. The van der Waals surface area contributed by atoms with Crippen LogP contribution in [0.2, 0.25) is 0 Å². The molecule has 0 spiro atoms. The molecule has 2 heterocycles.